The molecule has 0 saturated heterocycles. The number of benzene rings is 1. The quantitative estimate of drug-likeness (QED) is 0.771. The van der Waals surface area contributed by atoms with Crippen molar-refractivity contribution in [1.82, 2.24) is 4.98 Å². The van der Waals surface area contributed by atoms with Crippen LogP contribution in [0.1, 0.15) is 11.1 Å². The van der Waals surface area contributed by atoms with E-state index in [0.29, 0.717) is 17.9 Å². The van der Waals surface area contributed by atoms with Crippen LogP contribution in [0.5, 0.6) is 5.75 Å². The fourth-order valence-electron chi connectivity index (χ4n) is 1.62. The number of hydrogen-bond donors (Lipinski definition) is 0. The fraction of sp³-hybridized carbons (Fsp3) is 0.214. The summed E-state index contributed by atoms with van der Waals surface area (Å²) in [5.41, 5.74) is 1.77. The molecule has 0 saturated carbocycles. The van der Waals surface area contributed by atoms with Gasteiger partial charge in [-0.15, -0.1) is 11.6 Å². The molecule has 1 aromatic heterocycles. The van der Waals surface area contributed by atoms with Crippen LogP contribution < -0.4 is 4.74 Å². The van der Waals surface area contributed by atoms with Gasteiger partial charge in [0.1, 0.15) is 11.6 Å². The molecule has 94 valence electrons. The number of halogens is 2. The number of ether oxygens (including phenoxy) is 1. The minimum atomic E-state index is -0.301. The highest BCUT2D eigenvalue weighted by molar-refractivity contribution is 6.17. The molecule has 4 heteroatoms. The van der Waals surface area contributed by atoms with Crippen LogP contribution >= 0.6 is 11.6 Å². The molecule has 2 nitrogen and oxygen atoms in total. The number of pyridine rings is 1. The van der Waals surface area contributed by atoms with Gasteiger partial charge in [-0.25, -0.2) is 4.39 Å². The van der Waals surface area contributed by atoms with Crippen LogP contribution in [0, 0.1) is 5.82 Å². The van der Waals surface area contributed by atoms with Crippen molar-refractivity contribution in [3.05, 3.63) is 59.7 Å². The molecule has 0 N–H and O–H groups in total. The average Bonchev–Trinajstić information content (AvgIpc) is 2.41. The summed E-state index contributed by atoms with van der Waals surface area (Å²) in [7, 11) is 0. The predicted octanol–water partition coefficient (Wildman–Crippen LogP) is 3.58. The minimum Gasteiger partial charge on any atom is -0.493 e. The molecule has 1 aromatic carbocycles. The first-order valence-electron chi connectivity index (χ1n) is 5.65. The Balaban J connectivity index is 1.94. The Kier molecular flexibility index (Phi) is 4.53. The summed E-state index contributed by atoms with van der Waals surface area (Å²) >= 11 is 5.74. The zero-order chi connectivity index (χ0) is 12.8. The molecule has 0 radical (unpaired) electrons. The van der Waals surface area contributed by atoms with E-state index in [2.05, 4.69) is 4.98 Å². The minimum absolute atomic E-state index is 0.236. The zero-order valence-corrected chi connectivity index (χ0v) is 10.5. The molecule has 0 amide bonds. The molecule has 2 rings (SSSR count). The highest BCUT2D eigenvalue weighted by atomic mass is 35.5. The van der Waals surface area contributed by atoms with Crippen LogP contribution in [0.3, 0.4) is 0 Å². The molecule has 0 fully saturated rings. The van der Waals surface area contributed by atoms with Gasteiger partial charge in [-0.3, -0.25) is 4.98 Å². The third-order valence-electron chi connectivity index (χ3n) is 2.54. The second-order valence-electron chi connectivity index (χ2n) is 3.85. The first-order chi connectivity index (χ1) is 8.79. The van der Waals surface area contributed by atoms with Gasteiger partial charge in [0.2, 0.25) is 0 Å². The maximum atomic E-state index is 13.0. The lowest BCUT2D eigenvalue weighted by Gasteiger charge is -2.09. The summed E-state index contributed by atoms with van der Waals surface area (Å²) in [4.78, 5) is 4.03. The Morgan fingerprint density at radius 3 is 2.89 bits per heavy atom. The second-order valence-corrected chi connectivity index (χ2v) is 4.11. The average molecular weight is 266 g/mol. The molecular formula is C14H13ClFNO. The number of aromatic nitrogens is 1. The lowest BCUT2D eigenvalue weighted by molar-refractivity contribution is 0.319. The topological polar surface area (TPSA) is 22.1 Å². The lowest BCUT2D eigenvalue weighted by atomic mass is 10.2. The van der Waals surface area contributed by atoms with Crippen LogP contribution in [0.15, 0.2) is 42.7 Å². The number of nitrogens with zero attached hydrogens (tertiary/aromatic N) is 1. The van der Waals surface area contributed by atoms with Gasteiger partial charge in [-0.1, -0.05) is 6.07 Å². The van der Waals surface area contributed by atoms with Crippen molar-refractivity contribution >= 4 is 11.6 Å². The Morgan fingerprint density at radius 2 is 2.17 bits per heavy atom. The van der Waals surface area contributed by atoms with Gasteiger partial charge in [0.25, 0.3) is 0 Å². The van der Waals surface area contributed by atoms with Crippen LogP contribution in [0.4, 0.5) is 4.39 Å². The predicted molar refractivity (Wildman–Crippen MR) is 69.4 cm³/mol. The zero-order valence-electron chi connectivity index (χ0n) is 9.77. The van der Waals surface area contributed by atoms with Crippen molar-refractivity contribution in [3.63, 3.8) is 0 Å². The van der Waals surface area contributed by atoms with Crippen LogP contribution in [0.25, 0.3) is 0 Å². The van der Waals surface area contributed by atoms with Crippen molar-refractivity contribution in [2.45, 2.75) is 12.3 Å². The standard InChI is InChI=1S/C14H13ClFNO/c15-9-12-8-13(16)3-4-14(12)18-7-5-11-2-1-6-17-10-11/h1-4,6,8,10H,5,7,9H2. The van der Waals surface area contributed by atoms with Crippen molar-refractivity contribution < 1.29 is 9.13 Å². The maximum Gasteiger partial charge on any atom is 0.123 e. The SMILES string of the molecule is Fc1ccc(OCCc2cccnc2)c(CCl)c1. The first kappa shape index (κ1) is 12.8. The van der Waals surface area contributed by atoms with E-state index in [1.54, 1.807) is 18.5 Å². The molecule has 0 aliphatic heterocycles. The third-order valence-corrected chi connectivity index (χ3v) is 2.83. The van der Waals surface area contributed by atoms with Gasteiger partial charge < -0.3 is 4.74 Å². The number of rotatable bonds is 5. The third kappa shape index (κ3) is 3.44. The Labute approximate surface area is 110 Å². The summed E-state index contributed by atoms with van der Waals surface area (Å²) in [6, 6.07) is 8.25. The number of alkyl halides is 1. The van der Waals surface area contributed by atoms with E-state index in [0.717, 1.165) is 12.0 Å². The Bertz CT molecular complexity index is 504. The summed E-state index contributed by atoms with van der Waals surface area (Å²) in [6.07, 6.45) is 4.29. The van der Waals surface area contributed by atoms with E-state index in [1.807, 2.05) is 12.1 Å². The highest BCUT2D eigenvalue weighted by Crippen LogP contribution is 2.21. The number of hydrogen-bond acceptors (Lipinski definition) is 2. The molecule has 0 aliphatic carbocycles. The van der Waals surface area contributed by atoms with Crippen molar-refractivity contribution in [2.75, 3.05) is 6.61 Å². The largest absolute Gasteiger partial charge is 0.493 e. The van der Waals surface area contributed by atoms with Crippen LogP contribution in [-0.2, 0) is 12.3 Å². The van der Waals surface area contributed by atoms with Crippen molar-refractivity contribution in [3.8, 4) is 5.75 Å². The van der Waals surface area contributed by atoms with E-state index in [1.165, 1.54) is 12.1 Å². The lowest BCUT2D eigenvalue weighted by Crippen LogP contribution is -2.03. The van der Waals surface area contributed by atoms with E-state index < -0.39 is 0 Å². The van der Waals surface area contributed by atoms with E-state index in [-0.39, 0.29) is 11.7 Å². The summed E-state index contributed by atoms with van der Waals surface area (Å²) in [5.74, 6) is 0.570. The molecule has 2 aromatic rings. The molecule has 0 aliphatic rings. The molecule has 0 spiro atoms. The maximum absolute atomic E-state index is 13.0. The summed E-state index contributed by atoms with van der Waals surface area (Å²) in [6.45, 7) is 0.515. The van der Waals surface area contributed by atoms with Gasteiger partial charge in [0.05, 0.1) is 12.5 Å². The molecular weight excluding hydrogens is 253 g/mol. The van der Waals surface area contributed by atoms with Gasteiger partial charge in [-0.05, 0) is 29.8 Å². The first-order valence-corrected chi connectivity index (χ1v) is 6.19. The van der Waals surface area contributed by atoms with E-state index >= 15 is 0 Å². The molecule has 0 bridgehead atoms. The summed E-state index contributed by atoms with van der Waals surface area (Å²) in [5, 5.41) is 0. The molecule has 1 heterocycles. The van der Waals surface area contributed by atoms with E-state index in [9.17, 15) is 4.39 Å². The highest BCUT2D eigenvalue weighted by Gasteiger charge is 2.04. The Morgan fingerprint density at radius 1 is 1.28 bits per heavy atom. The van der Waals surface area contributed by atoms with Crippen LogP contribution in [0.2, 0.25) is 0 Å². The van der Waals surface area contributed by atoms with Gasteiger partial charge in [0.15, 0.2) is 0 Å². The molecule has 18 heavy (non-hydrogen) atoms. The normalized spacial score (nSPS) is 10.3. The van der Waals surface area contributed by atoms with E-state index in [4.69, 9.17) is 16.3 Å². The van der Waals surface area contributed by atoms with Crippen molar-refractivity contribution in [1.29, 1.82) is 0 Å². The Hall–Kier alpha value is -1.61. The molecule has 0 atom stereocenters. The van der Waals surface area contributed by atoms with Gasteiger partial charge in [-0.2, -0.15) is 0 Å². The second kappa shape index (κ2) is 6.36. The van der Waals surface area contributed by atoms with Gasteiger partial charge in [0, 0.05) is 24.4 Å². The van der Waals surface area contributed by atoms with Crippen LogP contribution in [-0.4, -0.2) is 11.6 Å². The molecule has 0 unspecified atom stereocenters. The monoisotopic (exact) mass is 265 g/mol. The smallest absolute Gasteiger partial charge is 0.123 e. The van der Waals surface area contributed by atoms with Gasteiger partial charge >= 0.3 is 0 Å². The summed E-state index contributed by atoms with van der Waals surface area (Å²) < 4.78 is 18.6. The fourth-order valence-corrected chi connectivity index (χ4v) is 1.83. The van der Waals surface area contributed by atoms with Crippen molar-refractivity contribution in [2.24, 2.45) is 0 Å².